The number of aromatic nitrogens is 1. The van der Waals surface area contributed by atoms with Crippen molar-refractivity contribution in [3.63, 3.8) is 0 Å². The Labute approximate surface area is 158 Å². The van der Waals surface area contributed by atoms with Crippen LogP contribution in [0.5, 0.6) is 5.75 Å². The number of benzene rings is 2. The van der Waals surface area contributed by atoms with Crippen LogP contribution in [0.15, 0.2) is 54.7 Å². The van der Waals surface area contributed by atoms with E-state index in [1.807, 2.05) is 57.2 Å². The highest BCUT2D eigenvalue weighted by atomic mass is 16.5. The summed E-state index contributed by atoms with van der Waals surface area (Å²) in [4.78, 5) is 16.1. The first-order valence-electron chi connectivity index (χ1n) is 8.78. The molecule has 27 heavy (non-hydrogen) atoms. The molecule has 0 amide bonds. The molecular formula is C22H22N2O3. The Morgan fingerprint density at radius 1 is 1.15 bits per heavy atom. The van der Waals surface area contributed by atoms with Crippen LogP contribution in [-0.4, -0.2) is 22.7 Å². The maximum absolute atomic E-state index is 11.5. The van der Waals surface area contributed by atoms with Crippen molar-refractivity contribution in [3.8, 4) is 17.0 Å². The van der Waals surface area contributed by atoms with Crippen LogP contribution in [-0.2, 0) is 0 Å². The minimum atomic E-state index is -0.963. The molecule has 0 aliphatic rings. The van der Waals surface area contributed by atoms with Crippen molar-refractivity contribution in [2.24, 2.45) is 0 Å². The van der Waals surface area contributed by atoms with E-state index in [4.69, 9.17) is 4.74 Å². The summed E-state index contributed by atoms with van der Waals surface area (Å²) in [6.07, 6.45) is 1.71. The molecule has 0 saturated heterocycles. The van der Waals surface area contributed by atoms with Crippen LogP contribution in [0.2, 0.25) is 0 Å². The number of anilines is 2. The third-order valence-electron chi connectivity index (χ3n) is 4.18. The fourth-order valence-corrected chi connectivity index (χ4v) is 2.94. The van der Waals surface area contributed by atoms with Crippen LogP contribution < -0.4 is 10.1 Å². The molecule has 1 heterocycles. The Morgan fingerprint density at radius 2 is 1.96 bits per heavy atom. The van der Waals surface area contributed by atoms with Gasteiger partial charge in [-0.3, -0.25) is 4.98 Å². The summed E-state index contributed by atoms with van der Waals surface area (Å²) >= 11 is 0. The SMILES string of the molecule is CCOc1cccc(-c2ncc(Nc3ccc(C)cc3C(=O)O)cc2C)c1. The van der Waals surface area contributed by atoms with Crippen LogP contribution in [0.1, 0.15) is 28.4 Å². The lowest BCUT2D eigenvalue weighted by Gasteiger charge is -2.13. The number of hydrogen-bond acceptors (Lipinski definition) is 4. The molecule has 3 rings (SSSR count). The number of aryl methyl sites for hydroxylation is 2. The molecule has 0 spiro atoms. The zero-order valence-corrected chi connectivity index (χ0v) is 15.6. The molecule has 0 unspecified atom stereocenters. The summed E-state index contributed by atoms with van der Waals surface area (Å²) in [5, 5.41) is 12.6. The number of carboxylic acid groups (broad SMARTS) is 1. The van der Waals surface area contributed by atoms with E-state index < -0.39 is 5.97 Å². The molecule has 1 aromatic heterocycles. The summed E-state index contributed by atoms with van der Waals surface area (Å²) < 4.78 is 5.56. The van der Waals surface area contributed by atoms with Gasteiger partial charge in [0.15, 0.2) is 0 Å². The number of aromatic carboxylic acids is 1. The number of pyridine rings is 1. The van der Waals surface area contributed by atoms with Crippen molar-refractivity contribution in [2.45, 2.75) is 20.8 Å². The van der Waals surface area contributed by atoms with E-state index >= 15 is 0 Å². The third-order valence-corrected chi connectivity index (χ3v) is 4.18. The number of rotatable bonds is 6. The van der Waals surface area contributed by atoms with Crippen LogP contribution in [0, 0.1) is 13.8 Å². The van der Waals surface area contributed by atoms with Gasteiger partial charge in [0, 0.05) is 5.56 Å². The van der Waals surface area contributed by atoms with Crippen LogP contribution in [0.3, 0.4) is 0 Å². The topological polar surface area (TPSA) is 71.5 Å². The normalized spacial score (nSPS) is 10.5. The van der Waals surface area contributed by atoms with E-state index in [-0.39, 0.29) is 5.56 Å². The van der Waals surface area contributed by atoms with E-state index in [1.165, 1.54) is 0 Å². The maximum atomic E-state index is 11.5. The molecule has 2 N–H and O–H groups in total. The van der Waals surface area contributed by atoms with Gasteiger partial charge in [-0.05, 0) is 56.7 Å². The van der Waals surface area contributed by atoms with Crippen molar-refractivity contribution in [2.75, 3.05) is 11.9 Å². The molecule has 0 saturated carbocycles. The van der Waals surface area contributed by atoms with E-state index in [0.29, 0.717) is 12.3 Å². The van der Waals surface area contributed by atoms with Crippen LogP contribution in [0.25, 0.3) is 11.3 Å². The van der Waals surface area contributed by atoms with Crippen molar-refractivity contribution >= 4 is 17.3 Å². The van der Waals surface area contributed by atoms with Gasteiger partial charge in [0.2, 0.25) is 0 Å². The maximum Gasteiger partial charge on any atom is 0.337 e. The lowest BCUT2D eigenvalue weighted by atomic mass is 10.1. The Morgan fingerprint density at radius 3 is 2.67 bits per heavy atom. The number of ether oxygens (including phenoxy) is 1. The Hall–Kier alpha value is -3.34. The zero-order valence-electron chi connectivity index (χ0n) is 15.6. The first kappa shape index (κ1) is 18.5. The van der Waals surface area contributed by atoms with Crippen LogP contribution >= 0.6 is 0 Å². The van der Waals surface area contributed by atoms with Gasteiger partial charge in [-0.25, -0.2) is 4.79 Å². The van der Waals surface area contributed by atoms with Gasteiger partial charge in [-0.2, -0.15) is 0 Å². The molecule has 0 radical (unpaired) electrons. The molecular weight excluding hydrogens is 340 g/mol. The van der Waals surface area contributed by atoms with Gasteiger partial charge in [0.25, 0.3) is 0 Å². The molecule has 0 fully saturated rings. The van der Waals surface area contributed by atoms with E-state index in [2.05, 4.69) is 10.3 Å². The zero-order chi connectivity index (χ0) is 19.4. The number of carbonyl (C=O) groups is 1. The smallest absolute Gasteiger partial charge is 0.337 e. The lowest BCUT2D eigenvalue weighted by Crippen LogP contribution is -2.04. The number of nitrogens with one attached hydrogen (secondary N) is 1. The van der Waals surface area contributed by atoms with E-state index in [1.54, 1.807) is 18.3 Å². The number of carboxylic acids is 1. The number of nitrogens with zero attached hydrogens (tertiary/aromatic N) is 1. The van der Waals surface area contributed by atoms with Crippen molar-refractivity contribution in [3.05, 3.63) is 71.4 Å². The number of hydrogen-bond donors (Lipinski definition) is 2. The fraction of sp³-hybridized carbons (Fsp3) is 0.182. The van der Waals surface area contributed by atoms with Gasteiger partial charge in [0.1, 0.15) is 5.75 Å². The first-order chi connectivity index (χ1) is 13.0. The molecule has 0 aliphatic carbocycles. The second-order valence-electron chi connectivity index (χ2n) is 6.33. The third kappa shape index (κ3) is 4.26. The monoisotopic (exact) mass is 362 g/mol. The quantitative estimate of drug-likeness (QED) is 0.630. The largest absolute Gasteiger partial charge is 0.494 e. The predicted octanol–water partition coefficient (Wildman–Crippen LogP) is 5.21. The second kappa shape index (κ2) is 7.91. The summed E-state index contributed by atoms with van der Waals surface area (Å²) in [6.45, 7) is 6.41. The highest BCUT2D eigenvalue weighted by molar-refractivity contribution is 5.95. The second-order valence-corrected chi connectivity index (χ2v) is 6.33. The lowest BCUT2D eigenvalue weighted by molar-refractivity contribution is 0.0698. The average Bonchev–Trinajstić information content (AvgIpc) is 2.64. The average molecular weight is 362 g/mol. The molecule has 0 bridgehead atoms. The Bertz CT molecular complexity index is 983. The summed E-state index contributed by atoms with van der Waals surface area (Å²) in [6, 6.07) is 15.1. The first-order valence-corrected chi connectivity index (χ1v) is 8.78. The highest BCUT2D eigenvalue weighted by Gasteiger charge is 2.12. The standard InChI is InChI=1S/C22H22N2O3/c1-4-27-18-7-5-6-16(12-18)21-15(3)11-17(13-23-21)24-20-9-8-14(2)10-19(20)22(25)26/h5-13,24H,4H2,1-3H3,(H,25,26). The highest BCUT2D eigenvalue weighted by Crippen LogP contribution is 2.28. The van der Waals surface area contributed by atoms with E-state index in [0.717, 1.165) is 33.8 Å². The minimum absolute atomic E-state index is 0.237. The van der Waals surface area contributed by atoms with Gasteiger partial charge < -0.3 is 15.2 Å². The van der Waals surface area contributed by atoms with Crippen molar-refractivity contribution in [1.29, 1.82) is 0 Å². The van der Waals surface area contributed by atoms with Gasteiger partial charge >= 0.3 is 5.97 Å². The molecule has 0 atom stereocenters. The Kier molecular flexibility index (Phi) is 5.41. The molecule has 2 aromatic carbocycles. The minimum Gasteiger partial charge on any atom is -0.494 e. The fourth-order valence-electron chi connectivity index (χ4n) is 2.94. The summed E-state index contributed by atoms with van der Waals surface area (Å²) in [5.74, 6) is -0.153. The van der Waals surface area contributed by atoms with E-state index in [9.17, 15) is 9.90 Å². The molecule has 138 valence electrons. The van der Waals surface area contributed by atoms with Crippen molar-refractivity contribution < 1.29 is 14.6 Å². The molecule has 3 aromatic rings. The van der Waals surface area contributed by atoms with Crippen molar-refractivity contribution in [1.82, 2.24) is 4.98 Å². The summed E-state index contributed by atoms with van der Waals surface area (Å²) in [7, 11) is 0. The molecule has 5 nitrogen and oxygen atoms in total. The molecule has 0 aliphatic heterocycles. The van der Waals surface area contributed by atoms with Gasteiger partial charge in [0.05, 0.1) is 35.4 Å². The predicted molar refractivity (Wildman–Crippen MR) is 107 cm³/mol. The molecule has 5 heteroatoms. The Balaban J connectivity index is 1.90. The van der Waals surface area contributed by atoms with Gasteiger partial charge in [-0.15, -0.1) is 0 Å². The van der Waals surface area contributed by atoms with Crippen LogP contribution in [0.4, 0.5) is 11.4 Å². The van der Waals surface area contributed by atoms with Gasteiger partial charge in [-0.1, -0.05) is 23.8 Å². The summed E-state index contributed by atoms with van der Waals surface area (Å²) in [5.41, 5.74) is 5.25.